The highest BCUT2D eigenvalue weighted by Gasteiger charge is 2.29. The fourth-order valence-electron chi connectivity index (χ4n) is 5.39. The lowest BCUT2D eigenvalue weighted by atomic mass is 9.91. The van der Waals surface area contributed by atoms with Crippen molar-refractivity contribution >= 4 is 17.3 Å². The zero-order chi connectivity index (χ0) is 22.5. The van der Waals surface area contributed by atoms with Crippen LogP contribution in [0.5, 0.6) is 0 Å². The van der Waals surface area contributed by atoms with Gasteiger partial charge in [-0.3, -0.25) is 4.79 Å². The highest BCUT2D eigenvalue weighted by Crippen LogP contribution is 2.31. The molecule has 3 fully saturated rings. The molecule has 2 heterocycles. The number of nitrogens with one attached hydrogen (secondary N) is 2. The number of anilines is 2. The maximum atomic E-state index is 12.1. The van der Waals surface area contributed by atoms with Crippen LogP contribution in [0.3, 0.4) is 0 Å². The number of nitrogens with zero attached hydrogens (tertiary/aromatic N) is 2. The van der Waals surface area contributed by atoms with Crippen LogP contribution in [0.15, 0.2) is 54.6 Å². The number of likely N-dealkylation sites (tertiary alicyclic amines) is 1. The van der Waals surface area contributed by atoms with Gasteiger partial charge in [-0.25, -0.2) is 0 Å². The molecule has 3 aliphatic rings. The average molecular weight is 447 g/mol. The highest BCUT2D eigenvalue weighted by atomic mass is 16.2. The first-order valence-electron chi connectivity index (χ1n) is 12.9. The van der Waals surface area contributed by atoms with Gasteiger partial charge in [-0.05, 0) is 74.8 Å². The topological polar surface area (TPSA) is 47.6 Å². The molecule has 2 aliphatic heterocycles. The van der Waals surface area contributed by atoms with E-state index in [0.29, 0.717) is 12.0 Å². The van der Waals surface area contributed by atoms with Gasteiger partial charge >= 0.3 is 0 Å². The second-order valence-corrected chi connectivity index (χ2v) is 10.1. The maximum absolute atomic E-state index is 12.1. The summed E-state index contributed by atoms with van der Waals surface area (Å²) < 4.78 is 0. The minimum absolute atomic E-state index is 0.179. The van der Waals surface area contributed by atoms with E-state index in [0.717, 1.165) is 44.7 Å². The van der Waals surface area contributed by atoms with Gasteiger partial charge in [-0.1, -0.05) is 36.4 Å². The molecule has 176 valence electrons. The number of carbonyl (C=O) groups excluding carboxylic acids is 1. The summed E-state index contributed by atoms with van der Waals surface area (Å²) in [6, 6.07) is 20.0. The van der Waals surface area contributed by atoms with Crippen molar-refractivity contribution in [2.75, 3.05) is 49.5 Å². The van der Waals surface area contributed by atoms with Gasteiger partial charge in [0, 0.05) is 56.1 Å². The predicted octanol–water partition coefficient (Wildman–Crippen LogP) is 4.47. The number of amides is 1. The van der Waals surface area contributed by atoms with Gasteiger partial charge in [0.15, 0.2) is 0 Å². The van der Waals surface area contributed by atoms with Crippen molar-refractivity contribution in [1.82, 2.24) is 10.2 Å². The summed E-state index contributed by atoms with van der Waals surface area (Å²) in [5.41, 5.74) is 3.65. The van der Waals surface area contributed by atoms with Crippen LogP contribution in [0.2, 0.25) is 0 Å². The molecule has 0 spiro atoms. The number of piperidine rings is 2. The van der Waals surface area contributed by atoms with Crippen molar-refractivity contribution in [1.29, 1.82) is 0 Å². The van der Waals surface area contributed by atoms with Crippen LogP contribution in [0.4, 0.5) is 11.4 Å². The molecule has 33 heavy (non-hydrogen) atoms. The molecular weight excluding hydrogens is 408 g/mol. The van der Waals surface area contributed by atoms with Gasteiger partial charge < -0.3 is 20.4 Å². The van der Waals surface area contributed by atoms with Gasteiger partial charge in [0.05, 0.1) is 0 Å². The third-order valence-electron chi connectivity index (χ3n) is 7.56. The van der Waals surface area contributed by atoms with Gasteiger partial charge in [0.2, 0.25) is 5.91 Å². The van der Waals surface area contributed by atoms with E-state index >= 15 is 0 Å². The largest absolute Gasteiger partial charge is 0.371 e. The molecule has 1 saturated carbocycles. The van der Waals surface area contributed by atoms with Crippen LogP contribution in [-0.4, -0.2) is 56.1 Å². The molecule has 1 atom stereocenters. The van der Waals surface area contributed by atoms with E-state index in [4.69, 9.17) is 0 Å². The molecule has 1 amide bonds. The standard InChI is InChI=1S/C28H38N4O/c33-28(23-11-12-23)30-26-9-4-10-27(20-26)32-17-13-25(14-18-32)29-15-19-31-16-5-8-24(21-31)22-6-2-1-3-7-22/h1-4,6-7,9-10,20,23-25,29H,5,8,11-19,21H2,(H,30,33)/t24-/m1/s1. The Balaban J connectivity index is 1.03. The number of benzene rings is 2. The molecule has 2 aromatic carbocycles. The van der Waals surface area contributed by atoms with Crippen molar-refractivity contribution in [3.8, 4) is 0 Å². The molecule has 5 rings (SSSR count). The molecule has 2 N–H and O–H groups in total. The van der Waals surface area contributed by atoms with Crippen molar-refractivity contribution < 1.29 is 4.79 Å². The summed E-state index contributed by atoms with van der Waals surface area (Å²) in [6.07, 6.45) is 7.04. The fraction of sp³-hybridized carbons (Fsp3) is 0.536. The molecule has 5 heteroatoms. The SMILES string of the molecule is O=C(Nc1cccc(N2CCC(NCCN3CCC[C@@H](c4ccccc4)C3)CC2)c1)C1CC1. The van der Waals surface area contributed by atoms with Gasteiger partial charge in [-0.2, -0.15) is 0 Å². The van der Waals surface area contributed by atoms with E-state index < -0.39 is 0 Å². The maximum Gasteiger partial charge on any atom is 0.227 e. The molecule has 2 saturated heterocycles. The molecule has 0 aromatic heterocycles. The summed E-state index contributed by atoms with van der Waals surface area (Å²) >= 11 is 0. The Morgan fingerprint density at radius 1 is 0.909 bits per heavy atom. The monoisotopic (exact) mass is 446 g/mol. The van der Waals surface area contributed by atoms with Crippen LogP contribution >= 0.6 is 0 Å². The Hall–Kier alpha value is -2.37. The van der Waals surface area contributed by atoms with Crippen LogP contribution in [0.25, 0.3) is 0 Å². The van der Waals surface area contributed by atoms with E-state index in [2.05, 4.69) is 69.0 Å². The van der Waals surface area contributed by atoms with E-state index in [9.17, 15) is 4.79 Å². The Labute approximate surface area is 198 Å². The van der Waals surface area contributed by atoms with E-state index in [1.54, 1.807) is 0 Å². The van der Waals surface area contributed by atoms with Crippen molar-refractivity contribution in [3.63, 3.8) is 0 Å². The summed E-state index contributed by atoms with van der Waals surface area (Å²) in [6.45, 7) is 6.78. The normalized spacial score (nSPS) is 22.3. The average Bonchev–Trinajstić information content (AvgIpc) is 3.71. The quantitative estimate of drug-likeness (QED) is 0.628. The van der Waals surface area contributed by atoms with Crippen LogP contribution in [-0.2, 0) is 4.79 Å². The fourth-order valence-corrected chi connectivity index (χ4v) is 5.39. The Morgan fingerprint density at radius 2 is 1.73 bits per heavy atom. The summed E-state index contributed by atoms with van der Waals surface area (Å²) in [5.74, 6) is 1.11. The van der Waals surface area contributed by atoms with E-state index in [-0.39, 0.29) is 11.8 Å². The second kappa shape index (κ2) is 10.7. The van der Waals surface area contributed by atoms with Crippen LogP contribution in [0, 0.1) is 5.92 Å². The molecule has 0 unspecified atom stereocenters. The lowest BCUT2D eigenvalue weighted by molar-refractivity contribution is -0.117. The number of hydrogen-bond acceptors (Lipinski definition) is 4. The van der Waals surface area contributed by atoms with Gasteiger partial charge in [0.25, 0.3) is 0 Å². The third kappa shape index (κ3) is 6.15. The number of rotatable bonds is 8. The van der Waals surface area contributed by atoms with Crippen LogP contribution < -0.4 is 15.5 Å². The number of hydrogen-bond donors (Lipinski definition) is 2. The minimum atomic E-state index is 0.179. The first-order valence-corrected chi connectivity index (χ1v) is 12.9. The zero-order valence-corrected chi connectivity index (χ0v) is 19.7. The Morgan fingerprint density at radius 3 is 2.52 bits per heavy atom. The smallest absolute Gasteiger partial charge is 0.227 e. The Bertz CT molecular complexity index is 905. The first kappa shape index (κ1) is 22.4. The van der Waals surface area contributed by atoms with E-state index in [1.807, 2.05) is 6.07 Å². The number of carbonyl (C=O) groups is 1. The summed E-state index contributed by atoms with van der Waals surface area (Å²) in [5, 5.41) is 6.91. The summed E-state index contributed by atoms with van der Waals surface area (Å²) in [4.78, 5) is 17.2. The van der Waals surface area contributed by atoms with Crippen molar-refractivity contribution in [2.24, 2.45) is 5.92 Å². The molecule has 5 nitrogen and oxygen atoms in total. The Kier molecular flexibility index (Phi) is 7.27. The summed E-state index contributed by atoms with van der Waals surface area (Å²) in [7, 11) is 0. The van der Waals surface area contributed by atoms with Crippen molar-refractivity contribution in [2.45, 2.75) is 50.5 Å². The van der Waals surface area contributed by atoms with Gasteiger partial charge in [-0.15, -0.1) is 0 Å². The first-order chi connectivity index (χ1) is 16.2. The molecule has 1 aliphatic carbocycles. The molecule has 2 aromatic rings. The highest BCUT2D eigenvalue weighted by molar-refractivity contribution is 5.94. The third-order valence-corrected chi connectivity index (χ3v) is 7.56. The lowest BCUT2D eigenvalue weighted by Gasteiger charge is -2.36. The second-order valence-electron chi connectivity index (χ2n) is 10.1. The zero-order valence-electron chi connectivity index (χ0n) is 19.7. The predicted molar refractivity (Wildman–Crippen MR) is 136 cm³/mol. The van der Waals surface area contributed by atoms with Gasteiger partial charge in [0.1, 0.15) is 0 Å². The van der Waals surface area contributed by atoms with Crippen molar-refractivity contribution in [3.05, 3.63) is 60.2 Å². The van der Waals surface area contributed by atoms with E-state index in [1.165, 1.54) is 50.0 Å². The molecular formula is C28H38N4O. The molecule has 0 bridgehead atoms. The molecule has 0 radical (unpaired) electrons. The van der Waals surface area contributed by atoms with Crippen LogP contribution in [0.1, 0.15) is 50.0 Å². The lowest BCUT2D eigenvalue weighted by Crippen LogP contribution is -2.45. The minimum Gasteiger partial charge on any atom is -0.371 e.